The van der Waals surface area contributed by atoms with Crippen LogP contribution in [0.3, 0.4) is 0 Å². The van der Waals surface area contributed by atoms with Crippen molar-refractivity contribution in [3.8, 4) is 11.1 Å². The van der Waals surface area contributed by atoms with E-state index in [1.54, 1.807) is 35.5 Å². The number of anilines is 1. The summed E-state index contributed by atoms with van der Waals surface area (Å²) in [5.41, 5.74) is 3.05. The number of carboxylic acids is 1. The molecule has 0 bridgehead atoms. The molecule has 2 heterocycles. The number of benzene rings is 3. The normalized spacial score (nSPS) is 11.5. The Morgan fingerprint density at radius 2 is 1.72 bits per heavy atom. The average Bonchev–Trinajstić information content (AvgIpc) is 3.04. The predicted octanol–water partition coefficient (Wildman–Crippen LogP) is 8.45. The number of halogens is 1. The predicted molar refractivity (Wildman–Crippen MR) is 186 cm³/mol. The van der Waals surface area contributed by atoms with Crippen molar-refractivity contribution in [2.75, 3.05) is 31.6 Å². The van der Waals surface area contributed by atoms with E-state index in [9.17, 15) is 14.7 Å². The number of nitrogens with one attached hydrogen (secondary N) is 1. The van der Waals surface area contributed by atoms with Gasteiger partial charge in [0.25, 0.3) is 0 Å². The Bertz CT molecular complexity index is 1860. The summed E-state index contributed by atoms with van der Waals surface area (Å²) in [7, 11) is 0. The highest BCUT2D eigenvalue weighted by molar-refractivity contribution is 6.33. The first-order chi connectivity index (χ1) is 22.6. The van der Waals surface area contributed by atoms with Gasteiger partial charge in [0.05, 0.1) is 11.1 Å². The van der Waals surface area contributed by atoms with E-state index < -0.39 is 11.6 Å². The molecule has 2 aromatic heterocycles. The first-order valence-corrected chi connectivity index (χ1v) is 16.0. The SMILES string of the molecule is CC(C)(C)OC(=O)N(CCCOCCCNc1nc2cc(C(=O)O)ccc2c2cnccc12)Cc1ccc(-c2ccccc2)c(Cl)c1. The zero-order valence-electron chi connectivity index (χ0n) is 26.8. The van der Waals surface area contributed by atoms with Crippen LogP contribution in [0.1, 0.15) is 49.5 Å². The Kier molecular flexibility index (Phi) is 10.9. The van der Waals surface area contributed by atoms with Crippen LogP contribution in [0.15, 0.2) is 85.2 Å². The molecule has 5 aromatic rings. The second-order valence-electron chi connectivity index (χ2n) is 12.2. The summed E-state index contributed by atoms with van der Waals surface area (Å²) in [6, 6.07) is 22.7. The number of rotatable bonds is 13. The first kappa shape index (κ1) is 33.6. The molecule has 0 aliphatic carbocycles. The molecule has 0 saturated heterocycles. The van der Waals surface area contributed by atoms with Crippen molar-refractivity contribution in [2.45, 2.75) is 45.8 Å². The fourth-order valence-corrected chi connectivity index (χ4v) is 5.56. The highest BCUT2D eigenvalue weighted by Crippen LogP contribution is 2.30. The third kappa shape index (κ3) is 8.96. The minimum atomic E-state index is -0.997. The van der Waals surface area contributed by atoms with Crippen molar-refractivity contribution in [3.63, 3.8) is 0 Å². The van der Waals surface area contributed by atoms with Crippen molar-refractivity contribution < 1.29 is 24.2 Å². The quantitative estimate of drug-likeness (QED) is 0.0960. The van der Waals surface area contributed by atoms with Crippen LogP contribution in [0, 0.1) is 0 Å². The highest BCUT2D eigenvalue weighted by atomic mass is 35.5. The van der Waals surface area contributed by atoms with E-state index in [0.717, 1.165) is 39.3 Å². The number of pyridine rings is 2. The lowest BCUT2D eigenvalue weighted by atomic mass is 10.0. The topological polar surface area (TPSA) is 114 Å². The van der Waals surface area contributed by atoms with Crippen molar-refractivity contribution >= 4 is 51.2 Å². The van der Waals surface area contributed by atoms with Gasteiger partial charge >= 0.3 is 12.1 Å². The number of ether oxygens (including phenoxy) is 2. The van der Waals surface area contributed by atoms with Gasteiger partial charge in [0.2, 0.25) is 0 Å². The number of carbonyl (C=O) groups excluding carboxylic acids is 1. The summed E-state index contributed by atoms with van der Waals surface area (Å²) in [5.74, 6) is -0.329. The molecule has 10 heteroatoms. The van der Waals surface area contributed by atoms with Crippen LogP contribution in [0.25, 0.3) is 32.8 Å². The van der Waals surface area contributed by atoms with Gasteiger partial charge < -0.3 is 24.8 Å². The molecule has 244 valence electrons. The summed E-state index contributed by atoms with van der Waals surface area (Å²) in [4.78, 5) is 35.2. The van der Waals surface area contributed by atoms with Crippen LogP contribution in [0.2, 0.25) is 5.02 Å². The summed E-state index contributed by atoms with van der Waals surface area (Å²) in [5, 5.41) is 16.1. The number of aromatic nitrogens is 2. The maximum atomic E-state index is 13.1. The molecule has 3 aromatic carbocycles. The smallest absolute Gasteiger partial charge is 0.410 e. The van der Waals surface area contributed by atoms with E-state index in [0.29, 0.717) is 55.6 Å². The molecular weight excluding hydrogens is 616 g/mol. The number of nitrogens with zero attached hydrogens (tertiary/aromatic N) is 3. The molecule has 0 aliphatic rings. The second-order valence-corrected chi connectivity index (χ2v) is 12.7. The van der Waals surface area contributed by atoms with Gasteiger partial charge in [-0.05, 0) is 69.0 Å². The molecule has 0 spiro atoms. The molecule has 2 N–H and O–H groups in total. The van der Waals surface area contributed by atoms with Crippen molar-refractivity contribution in [2.24, 2.45) is 0 Å². The van der Waals surface area contributed by atoms with Gasteiger partial charge in [0.15, 0.2) is 0 Å². The number of amides is 1. The molecule has 5 rings (SSSR count). The summed E-state index contributed by atoms with van der Waals surface area (Å²) in [6.45, 7) is 8.00. The average molecular weight is 655 g/mol. The van der Waals surface area contributed by atoms with E-state index in [4.69, 9.17) is 26.1 Å². The van der Waals surface area contributed by atoms with Crippen LogP contribution in [-0.4, -0.2) is 63.9 Å². The summed E-state index contributed by atoms with van der Waals surface area (Å²) >= 11 is 6.64. The van der Waals surface area contributed by atoms with Crippen molar-refractivity contribution in [1.82, 2.24) is 14.9 Å². The molecule has 9 nitrogen and oxygen atoms in total. The zero-order chi connectivity index (χ0) is 33.4. The fraction of sp³-hybridized carbons (Fsp3) is 0.297. The van der Waals surface area contributed by atoms with Gasteiger partial charge in [-0.15, -0.1) is 0 Å². The molecule has 0 unspecified atom stereocenters. The lowest BCUT2D eigenvalue weighted by Gasteiger charge is -2.27. The van der Waals surface area contributed by atoms with E-state index in [2.05, 4.69) is 10.3 Å². The van der Waals surface area contributed by atoms with Crippen LogP contribution in [-0.2, 0) is 16.0 Å². The van der Waals surface area contributed by atoms with Crippen LogP contribution in [0.4, 0.5) is 10.6 Å². The largest absolute Gasteiger partial charge is 0.478 e. The molecule has 0 saturated carbocycles. The highest BCUT2D eigenvalue weighted by Gasteiger charge is 2.22. The number of fused-ring (bicyclic) bond motifs is 3. The van der Waals surface area contributed by atoms with E-state index >= 15 is 0 Å². The standard InChI is InChI=1S/C37H39ClN4O5/c1-37(2,3)47-36(45)42(24-25-11-13-28(32(38)21-25)26-9-5-4-6-10-26)18-8-20-46-19-7-16-40-34-30-15-17-39-23-31(30)29-14-12-27(35(43)44)22-33(29)41-34/h4-6,9-15,17,21-23H,7-8,16,18-20,24H2,1-3H3,(H,40,41)(H,43,44). The van der Waals surface area contributed by atoms with Gasteiger partial charge in [-0.2, -0.15) is 0 Å². The van der Waals surface area contributed by atoms with Gasteiger partial charge in [0, 0.05) is 72.0 Å². The molecule has 47 heavy (non-hydrogen) atoms. The van der Waals surface area contributed by atoms with Gasteiger partial charge in [-0.25, -0.2) is 14.6 Å². The minimum Gasteiger partial charge on any atom is -0.478 e. The van der Waals surface area contributed by atoms with E-state index in [1.165, 1.54) is 0 Å². The summed E-state index contributed by atoms with van der Waals surface area (Å²) in [6.07, 6.45) is 4.46. The molecule has 0 fully saturated rings. The number of hydrogen-bond acceptors (Lipinski definition) is 7. The lowest BCUT2D eigenvalue weighted by Crippen LogP contribution is -2.37. The lowest BCUT2D eigenvalue weighted by molar-refractivity contribution is 0.0211. The Balaban J connectivity index is 1.13. The monoisotopic (exact) mass is 654 g/mol. The number of aromatic carboxylic acids is 1. The third-order valence-corrected chi connectivity index (χ3v) is 7.77. The molecular formula is C37H39ClN4O5. The van der Waals surface area contributed by atoms with E-state index in [1.807, 2.05) is 75.4 Å². The Hall–Kier alpha value is -4.73. The van der Waals surface area contributed by atoms with Crippen LogP contribution < -0.4 is 5.32 Å². The van der Waals surface area contributed by atoms with E-state index in [-0.39, 0.29) is 11.7 Å². The van der Waals surface area contributed by atoms with Gasteiger partial charge in [-0.1, -0.05) is 60.1 Å². The molecule has 0 aliphatic heterocycles. The van der Waals surface area contributed by atoms with Crippen LogP contribution in [0.5, 0.6) is 0 Å². The fourth-order valence-electron chi connectivity index (χ4n) is 5.25. The van der Waals surface area contributed by atoms with Crippen molar-refractivity contribution in [3.05, 3.63) is 101 Å². The zero-order valence-corrected chi connectivity index (χ0v) is 27.6. The number of hydrogen-bond donors (Lipinski definition) is 2. The number of carboxylic acid groups (broad SMARTS) is 1. The van der Waals surface area contributed by atoms with Crippen LogP contribution >= 0.6 is 11.6 Å². The first-order valence-electron chi connectivity index (χ1n) is 15.6. The van der Waals surface area contributed by atoms with Gasteiger partial charge in [0.1, 0.15) is 11.4 Å². The second kappa shape index (κ2) is 15.2. The Morgan fingerprint density at radius 1 is 0.936 bits per heavy atom. The number of carbonyl (C=O) groups is 2. The molecule has 0 radical (unpaired) electrons. The maximum Gasteiger partial charge on any atom is 0.410 e. The van der Waals surface area contributed by atoms with Crippen molar-refractivity contribution in [1.29, 1.82) is 0 Å². The Morgan fingerprint density at radius 3 is 2.47 bits per heavy atom. The summed E-state index contributed by atoms with van der Waals surface area (Å²) < 4.78 is 11.6. The maximum absolute atomic E-state index is 13.1. The Labute approximate surface area is 279 Å². The third-order valence-electron chi connectivity index (χ3n) is 7.46. The van der Waals surface area contributed by atoms with Gasteiger partial charge in [-0.3, -0.25) is 4.98 Å². The minimum absolute atomic E-state index is 0.183. The molecule has 0 atom stereocenters. The molecule has 1 amide bonds.